The Hall–Kier alpha value is -1.83. The number of carbonyl (C=O) groups excluding carboxylic acids is 1. The van der Waals surface area contributed by atoms with Gasteiger partial charge in [0.05, 0.1) is 24.1 Å². The van der Waals surface area contributed by atoms with Gasteiger partial charge in [-0.3, -0.25) is 9.36 Å². The van der Waals surface area contributed by atoms with Gasteiger partial charge in [-0.25, -0.2) is 0 Å². The zero-order valence-electron chi connectivity index (χ0n) is 22.9. The molecule has 39 heavy (non-hydrogen) atoms. The largest absolute Gasteiger partial charge is 0.384 e. The molecule has 9 heteroatoms. The molecule has 4 bridgehead atoms. The van der Waals surface area contributed by atoms with Gasteiger partial charge in [-0.05, 0) is 111 Å². The molecule has 2 aromatic rings. The van der Waals surface area contributed by atoms with E-state index in [9.17, 15) is 14.3 Å². The highest BCUT2D eigenvalue weighted by molar-refractivity contribution is 8.00. The van der Waals surface area contributed by atoms with Gasteiger partial charge in [-0.1, -0.05) is 0 Å². The van der Waals surface area contributed by atoms with E-state index in [1.165, 1.54) is 44.1 Å². The summed E-state index contributed by atoms with van der Waals surface area (Å²) in [5.74, 6) is 3.37. The number of hydrogen-bond acceptors (Lipinski definition) is 7. The van der Waals surface area contributed by atoms with E-state index >= 15 is 0 Å². The van der Waals surface area contributed by atoms with Crippen LogP contribution in [-0.4, -0.2) is 42.4 Å². The standard InChI is InChI=1S/C30H39N2O5PS/c1-19(37-38(3,34)35)25(18-36-2)17-29(33)22-4-6-26(7-5-22)31-32-27-8-10-28(11-9-27)39-30-23-13-20-12-21(15-23)16-24(30)14-20/h4-11,19-21,23-25,30H,12-18H2,1-3H3,(H,34,35)/t19-,20?,21?,23?,24?,25-,30?/m1/s1. The molecule has 0 radical (unpaired) electrons. The average Bonchev–Trinajstić information content (AvgIpc) is 2.89. The van der Waals surface area contributed by atoms with Crippen LogP contribution < -0.4 is 0 Å². The van der Waals surface area contributed by atoms with E-state index in [2.05, 4.69) is 34.1 Å². The van der Waals surface area contributed by atoms with Gasteiger partial charge in [0.2, 0.25) is 0 Å². The zero-order chi connectivity index (χ0) is 27.6. The number of ether oxygens (including phenoxy) is 1. The molecule has 0 saturated heterocycles. The van der Waals surface area contributed by atoms with Gasteiger partial charge in [0.1, 0.15) is 0 Å². The van der Waals surface area contributed by atoms with Crippen LogP contribution in [0.15, 0.2) is 63.7 Å². The van der Waals surface area contributed by atoms with Gasteiger partial charge in [-0.15, -0.1) is 11.8 Å². The average molecular weight is 571 g/mol. The zero-order valence-corrected chi connectivity index (χ0v) is 24.7. The lowest BCUT2D eigenvalue weighted by molar-refractivity contribution is 0.0267. The lowest BCUT2D eigenvalue weighted by Gasteiger charge is -2.54. The van der Waals surface area contributed by atoms with E-state index in [0.29, 0.717) is 11.3 Å². The van der Waals surface area contributed by atoms with Crippen molar-refractivity contribution in [2.75, 3.05) is 20.4 Å². The topological polar surface area (TPSA) is 97.5 Å². The Bertz CT molecular complexity index is 1180. The van der Waals surface area contributed by atoms with E-state index in [1.54, 1.807) is 31.2 Å². The summed E-state index contributed by atoms with van der Waals surface area (Å²) in [4.78, 5) is 23.7. The Morgan fingerprint density at radius 1 is 0.974 bits per heavy atom. The van der Waals surface area contributed by atoms with Crippen LogP contribution in [0.2, 0.25) is 0 Å². The van der Waals surface area contributed by atoms with Gasteiger partial charge in [-0.2, -0.15) is 10.2 Å². The van der Waals surface area contributed by atoms with E-state index in [4.69, 9.17) is 9.26 Å². The van der Waals surface area contributed by atoms with Crippen LogP contribution in [0, 0.1) is 29.6 Å². The molecule has 4 aliphatic carbocycles. The second-order valence-corrected chi connectivity index (χ2v) is 14.8. The minimum Gasteiger partial charge on any atom is -0.384 e. The second kappa shape index (κ2) is 12.4. The highest BCUT2D eigenvalue weighted by Gasteiger charge is 2.48. The van der Waals surface area contributed by atoms with Crippen molar-refractivity contribution in [3.05, 3.63) is 54.1 Å². The maximum Gasteiger partial charge on any atom is 0.325 e. The number of hydrogen-bond donors (Lipinski definition) is 1. The summed E-state index contributed by atoms with van der Waals surface area (Å²) >= 11 is 2.07. The maximum absolute atomic E-state index is 12.8. The summed E-state index contributed by atoms with van der Waals surface area (Å²) in [7, 11) is -2.13. The quantitative estimate of drug-likeness (QED) is 0.157. The first-order valence-corrected chi connectivity index (χ1v) is 16.9. The Labute approximate surface area is 235 Å². The molecule has 3 atom stereocenters. The summed E-state index contributed by atoms with van der Waals surface area (Å²) in [6, 6.07) is 15.4. The van der Waals surface area contributed by atoms with Crippen LogP contribution >= 0.6 is 19.4 Å². The molecule has 0 aliphatic heterocycles. The first-order valence-electron chi connectivity index (χ1n) is 14.0. The number of benzene rings is 2. The van der Waals surface area contributed by atoms with Crippen molar-refractivity contribution < 1.29 is 23.5 Å². The lowest BCUT2D eigenvalue weighted by Crippen LogP contribution is -2.46. The monoisotopic (exact) mass is 570 g/mol. The van der Waals surface area contributed by atoms with Gasteiger partial charge in [0, 0.05) is 41.8 Å². The molecule has 0 aromatic heterocycles. The van der Waals surface area contributed by atoms with E-state index in [1.807, 2.05) is 12.1 Å². The highest BCUT2D eigenvalue weighted by atomic mass is 32.2. The van der Waals surface area contributed by atoms with Gasteiger partial charge in [0.15, 0.2) is 5.78 Å². The van der Waals surface area contributed by atoms with E-state index in [0.717, 1.165) is 41.3 Å². The maximum atomic E-state index is 12.8. The second-order valence-electron chi connectivity index (χ2n) is 11.7. The number of Topliss-reactive ketones (excluding diaryl/α,β-unsaturated/α-hetero) is 1. The first-order chi connectivity index (χ1) is 18.7. The molecule has 210 valence electrons. The number of nitrogens with zero attached hydrogens (tertiary/aromatic N) is 2. The third kappa shape index (κ3) is 7.47. The molecular weight excluding hydrogens is 531 g/mol. The number of carbonyl (C=O) groups is 1. The molecule has 0 spiro atoms. The molecule has 4 fully saturated rings. The summed E-state index contributed by atoms with van der Waals surface area (Å²) in [5.41, 5.74) is 2.01. The Morgan fingerprint density at radius 2 is 1.51 bits per heavy atom. The molecule has 6 rings (SSSR count). The van der Waals surface area contributed by atoms with Crippen molar-refractivity contribution in [1.29, 1.82) is 0 Å². The fraction of sp³-hybridized carbons (Fsp3) is 0.567. The van der Waals surface area contributed by atoms with Gasteiger partial charge in [0.25, 0.3) is 0 Å². The SMILES string of the molecule is COC[C@@H](CC(=O)c1ccc(N=Nc2ccc(SC3C4CC5CC(C4)CC3C5)cc2)cc1)[C@@H](C)OP(C)(=O)O. The molecule has 4 saturated carbocycles. The molecular formula is C30H39N2O5PS. The summed E-state index contributed by atoms with van der Waals surface area (Å²) in [6.07, 6.45) is 6.79. The number of rotatable bonds is 12. The molecule has 1 N–H and O–H groups in total. The third-order valence-electron chi connectivity index (χ3n) is 8.57. The highest BCUT2D eigenvalue weighted by Crippen LogP contribution is 2.58. The molecule has 0 heterocycles. The van der Waals surface area contributed by atoms with Crippen LogP contribution in [-0.2, 0) is 13.8 Å². The van der Waals surface area contributed by atoms with Crippen molar-refractivity contribution in [2.45, 2.75) is 61.7 Å². The minimum atomic E-state index is -3.66. The van der Waals surface area contributed by atoms with Crippen molar-refractivity contribution in [3.8, 4) is 0 Å². The number of thioether (sulfide) groups is 1. The van der Waals surface area contributed by atoms with Crippen LogP contribution in [0.4, 0.5) is 11.4 Å². The van der Waals surface area contributed by atoms with Crippen LogP contribution in [0.25, 0.3) is 0 Å². The summed E-state index contributed by atoms with van der Waals surface area (Å²) < 4.78 is 22.0. The first kappa shape index (κ1) is 28.7. The number of azo groups is 1. The third-order valence-corrected chi connectivity index (χ3v) is 10.9. The fourth-order valence-corrected chi connectivity index (χ4v) is 9.20. The van der Waals surface area contributed by atoms with Crippen LogP contribution in [0.1, 0.15) is 55.8 Å². The van der Waals surface area contributed by atoms with Crippen LogP contribution in [0.5, 0.6) is 0 Å². The van der Waals surface area contributed by atoms with Gasteiger partial charge < -0.3 is 14.2 Å². The predicted octanol–water partition coefficient (Wildman–Crippen LogP) is 8.07. The van der Waals surface area contributed by atoms with Crippen molar-refractivity contribution in [3.63, 3.8) is 0 Å². The van der Waals surface area contributed by atoms with Crippen molar-refractivity contribution in [2.24, 2.45) is 39.8 Å². The Kier molecular flexibility index (Phi) is 9.09. The normalized spacial score (nSPS) is 28.9. The van der Waals surface area contributed by atoms with E-state index in [-0.39, 0.29) is 24.7 Å². The fourth-order valence-electron chi connectivity index (χ4n) is 6.97. The number of ketones is 1. The smallest absolute Gasteiger partial charge is 0.325 e. The summed E-state index contributed by atoms with van der Waals surface area (Å²) in [5, 5.41) is 9.51. The lowest BCUT2D eigenvalue weighted by atomic mass is 9.56. The van der Waals surface area contributed by atoms with Gasteiger partial charge >= 0.3 is 7.60 Å². The van der Waals surface area contributed by atoms with Crippen molar-refractivity contribution >= 4 is 36.5 Å². The molecule has 7 nitrogen and oxygen atoms in total. The molecule has 0 amide bonds. The van der Waals surface area contributed by atoms with Crippen molar-refractivity contribution in [1.82, 2.24) is 0 Å². The Morgan fingerprint density at radius 3 is 2.03 bits per heavy atom. The molecule has 4 aliphatic rings. The number of methoxy groups -OCH3 is 1. The predicted molar refractivity (Wildman–Crippen MR) is 154 cm³/mol. The minimum absolute atomic E-state index is 0.0907. The van der Waals surface area contributed by atoms with Crippen LogP contribution in [0.3, 0.4) is 0 Å². The Balaban J connectivity index is 1.14. The molecule has 1 unspecified atom stereocenters. The summed E-state index contributed by atoms with van der Waals surface area (Å²) in [6.45, 7) is 3.07. The van der Waals surface area contributed by atoms with E-state index < -0.39 is 13.7 Å². The molecule has 2 aromatic carbocycles.